The second-order valence-electron chi connectivity index (χ2n) is 7.00. The van der Waals surface area contributed by atoms with Crippen molar-refractivity contribution >= 4 is 38.8 Å². The van der Waals surface area contributed by atoms with Crippen LogP contribution in [0.1, 0.15) is 10.4 Å². The van der Waals surface area contributed by atoms with Crippen LogP contribution in [-0.2, 0) is 19.6 Å². The molecule has 1 aromatic heterocycles. The van der Waals surface area contributed by atoms with Gasteiger partial charge in [-0.15, -0.1) is 0 Å². The standard InChI is InChI=1S/C23H24N2O7S/c1-30-23(27)17-9-11-19(12-10-17)31-15-14-25(21(26)8-5-13-24-33(2,28)29)22-16-18-6-3-4-7-20(18)32-22/h3-12,16,24H,13-15H2,1-2H3/b8-5+. The van der Waals surface area contributed by atoms with Crippen LogP contribution in [-0.4, -0.2) is 53.4 Å². The highest BCUT2D eigenvalue weighted by atomic mass is 32.2. The number of methoxy groups -OCH3 is 1. The van der Waals surface area contributed by atoms with Crippen molar-refractivity contribution in [2.75, 3.05) is 38.0 Å². The highest BCUT2D eigenvalue weighted by Gasteiger charge is 2.18. The lowest BCUT2D eigenvalue weighted by molar-refractivity contribution is -0.114. The van der Waals surface area contributed by atoms with Gasteiger partial charge in [-0.2, -0.15) is 0 Å². The zero-order valence-corrected chi connectivity index (χ0v) is 19.0. The molecule has 0 radical (unpaired) electrons. The second kappa shape index (κ2) is 10.8. The van der Waals surface area contributed by atoms with E-state index >= 15 is 0 Å². The van der Waals surface area contributed by atoms with Crippen LogP contribution in [0.4, 0.5) is 5.88 Å². The third-order valence-electron chi connectivity index (χ3n) is 4.53. The van der Waals surface area contributed by atoms with Gasteiger partial charge in [0.15, 0.2) is 0 Å². The third kappa shape index (κ3) is 6.93. The Bertz CT molecular complexity index is 1210. The number of nitrogens with zero attached hydrogens (tertiary/aromatic N) is 1. The number of nitrogens with one attached hydrogen (secondary N) is 1. The maximum atomic E-state index is 12.8. The lowest BCUT2D eigenvalue weighted by atomic mass is 10.2. The van der Waals surface area contributed by atoms with E-state index in [-0.39, 0.29) is 19.7 Å². The first-order valence-corrected chi connectivity index (χ1v) is 11.9. The summed E-state index contributed by atoms with van der Waals surface area (Å²) in [6.45, 7) is 0.304. The van der Waals surface area contributed by atoms with Gasteiger partial charge in [0, 0.05) is 24.1 Å². The van der Waals surface area contributed by atoms with E-state index in [0.717, 1.165) is 11.6 Å². The van der Waals surface area contributed by atoms with Crippen molar-refractivity contribution < 1.29 is 31.9 Å². The number of amides is 1. The molecule has 3 aromatic rings. The summed E-state index contributed by atoms with van der Waals surface area (Å²) in [6, 6.07) is 15.6. The molecule has 0 spiro atoms. The van der Waals surface area contributed by atoms with Gasteiger partial charge in [0.05, 0.1) is 25.5 Å². The number of hydrogen-bond acceptors (Lipinski definition) is 7. The van der Waals surface area contributed by atoms with Gasteiger partial charge in [0.25, 0.3) is 5.91 Å². The zero-order chi connectivity index (χ0) is 23.8. The molecule has 1 heterocycles. The summed E-state index contributed by atoms with van der Waals surface area (Å²) < 4.78 is 40.9. The SMILES string of the molecule is COC(=O)c1ccc(OCCN(C(=O)/C=C/CNS(C)(=O)=O)c2cc3ccccc3o2)cc1. The number of carbonyl (C=O) groups is 2. The lowest BCUT2D eigenvalue weighted by Gasteiger charge is -2.18. The van der Waals surface area contributed by atoms with Crippen LogP contribution in [0.2, 0.25) is 0 Å². The molecule has 0 bridgehead atoms. The monoisotopic (exact) mass is 472 g/mol. The lowest BCUT2D eigenvalue weighted by Crippen LogP contribution is -2.33. The number of hydrogen-bond donors (Lipinski definition) is 1. The number of para-hydroxylation sites is 1. The summed E-state index contributed by atoms with van der Waals surface area (Å²) >= 11 is 0. The van der Waals surface area contributed by atoms with Crippen molar-refractivity contribution in [2.24, 2.45) is 0 Å². The predicted molar refractivity (Wildman–Crippen MR) is 124 cm³/mol. The van der Waals surface area contributed by atoms with Gasteiger partial charge in [-0.1, -0.05) is 24.3 Å². The number of carbonyl (C=O) groups excluding carboxylic acids is 2. The van der Waals surface area contributed by atoms with Crippen LogP contribution in [0.15, 0.2) is 71.2 Å². The summed E-state index contributed by atoms with van der Waals surface area (Å²) in [5.41, 5.74) is 1.03. The number of fused-ring (bicyclic) bond motifs is 1. The molecule has 33 heavy (non-hydrogen) atoms. The van der Waals surface area contributed by atoms with Gasteiger partial charge in [0.2, 0.25) is 15.9 Å². The van der Waals surface area contributed by atoms with Gasteiger partial charge in [-0.3, -0.25) is 9.69 Å². The van der Waals surface area contributed by atoms with Crippen LogP contribution in [0.25, 0.3) is 11.0 Å². The molecule has 0 saturated heterocycles. The minimum absolute atomic E-state index is 0.0123. The summed E-state index contributed by atoms with van der Waals surface area (Å²) in [5, 5.41) is 0.840. The Morgan fingerprint density at radius 1 is 1.12 bits per heavy atom. The van der Waals surface area contributed by atoms with Gasteiger partial charge >= 0.3 is 5.97 Å². The fourth-order valence-electron chi connectivity index (χ4n) is 2.94. The number of benzene rings is 2. The fourth-order valence-corrected chi connectivity index (χ4v) is 3.34. The molecule has 0 aliphatic carbocycles. The number of esters is 1. The van der Waals surface area contributed by atoms with E-state index in [1.807, 2.05) is 18.2 Å². The van der Waals surface area contributed by atoms with E-state index in [2.05, 4.69) is 9.46 Å². The Morgan fingerprint density at radius 2 is 1.85 bits per heavy atom. The molecular weight excluding hydrogens is 448 g/mol. The van der Waals surface area contributed by atoms with E-state index in [1.165, 1.54) is 24.2 Å². The Hall–Kier alpha value is -3.63. The van der Waals surface area contributed by atoms with Gasteiger partial charge in [0.1, 0.15) is 17.9 Å². The molecule has 1 amide bonds. The van der Waals surface area contributed by atoms with Crippen molar-refractivity contribution in [2.45, 2.75) is 0 Å². The summed E-state index contributed by atoms with van der Waals surface area (Å²) in [4.78, 5) is 25.8. The largest absolute Gasteiger partial charge is 0.492 e. The van der Waals surface area contributed by atoms with Gasteiger partial charge in [-0.25, -0.2) is 17.9 Å². The Morgan fingerprint density at radius 3 is 2.52 bits per heavy atom. The first-order chi connectivity index (χ1) is 15.8. The van der Waals surface area contributed by atoms with Crippen molar-refractivity contribution in [1.29, 1.82) is 0 Å². The van der Waals surface area contributed by atoms with E-state index < -0.39 is 21.9 Å². The molecule has 9 nitrogen and oxygen atoms in total. The molecule has 0 unspecified atom stereocenters. The predicted octanol–water partition coefficient (Wildman–Crippen LogP) is 2.74. The van der Waals surface area contributed by atoms with Crippen molar-refractivity contribution in [3.63, 3.8) is 0 Å². The number of rotatable bonds is 10. The third-order valence-corrected chi connectivity index (χ3v) is 5.22. The van der Waals surface area contributed by atoms with E-state index in [1.54, 1.807) is 36.4 Å². The molecule has 3 rings (SSSR count). The number of sulfonamides is 1. The highest BCUT2D eigenvalue weighted by molar-refractivity contribution is 7.88. The van der Waals surface area contributed by atoms with Crippen LogP contribution < -0.4 is 14.4 Å². The van der Waals surface area contributed by atoms with Crippen molar-refractivity contribution in [3.05, 3.63) is 72.3 Å². The minimum atomic E-state index is -3.36. The fraction of sp³-hybridized carbons (Fsp3) is 0.217. The first kappa shape index (κ1) is 24.0. The molecule has 0 atom stereocenters. The van der Waals surface area contributed by atoms with Crippen LogP contribution >= 0.6 is 0 Å². The van der Waals surface area contributed by atoms with Crippen molar-refractivity contribution in [1.82, 2.24) is 4.72 Å². The molecule has 10 heteroatoms. The Kier molecular flexibility index (Phi) is 7.86. The molecular formula is C23H24N2O7S. The first-order valence-electron chi connectivity index (χ1n) is 9.99. The molecule has 0 aliphatic rings. The minimum Gasteiger partial charge on any atom is -0.492 e. The molecule has 0 aliphatic heterocycles. The maximum absolute atomic E-state index is 12.8. The molecule has 174 valence electrons. The topological polar surface area (TPSA) is 115 Å². The highest BCUT2D eigenvalue weighted by Crippen LogP contribution is 2.26. The quantitative estimate of drug-likeness (QED) is 0.356. The normalized spacial score (nSPS) is 11.6. The number of anilines is 1. The average molecular weight is 473 g/mol. The summed E-state index contributed by atoms with van der Waals surface area (Å²) in [6.07, 6.45) is 3.74. The van der Waals surface area contributed by atoms with E-state index in [9.17, 15) is 18.0 Å². The Balaban J connectivity index is 1.70. The maximum Gasteiger partial charge on any atom is 0.337 e. The molecule has 0 saturated carbocycles. The zero-order valence-electron chi connectivity index (χ0n) is 18.2. The number of ether oxygens (including phenoxy) is 2. The van der Waals surface area contributed by atoms with Gasteiger partial charge in [-0.05, 0) is 30.3 Å². The van der Waals surface area contributed by atoms with Crippen LogP contribution in [0, 0.1) is 0 Å². The van der Waals surface area contributed by atoms with E-state index in [0.29, 0.717) is 22.8 Å². The summed E-state index contributed by atoms with van der Waals surface area (Å²) in [7, 11) is -2.05. The molecule has 0 fully saturated rings. The molecule has 1 N–H and O–H groups in total. The average Bonchev–Trinajstić information content (AvgIpc) is 3.22. The second-order valence-corrected chi connectivity index (χ2v) is 8.83. The molecule has 2 aromatic carbocycles. The van der Waals surface area contributed by atoms with Crippen molar-refractivity contribution in [3.8, 4) is 5.75 Å². The number of furan rings is 1. The summed E-state index contributed by atoms with van der Waals surface area (Å²) in [5.74, 6) is 0.0217. The van der Waals surface area contributed by atoms with Crippen LogP contribution in [0.3, 0.4) is 0 Å². The van der Waals surface area contributed by atoms with E-state index in [4.69, 9.17) is 9.15 Å². The van der Waals surface area contributed by atoms with Gasteiger partial charge < -0.3 is 13.9 Å². The van der Waals surface area contributed by atoms with Crippen LogP contribution in [0.5, 0.6) is 5.75 Å². The Labute approximate surface area is 191 Å². The smallest absolute Gasteiger partial charge is 0.337 e.